The van der Waals surface area contributed by atoms with Crippen molar-refractivity contribution in [3.05, 3.63) is 28.8 Å². The van der Waals surface area contributed by atoms with Crippen molar-refractivity contribution in [1.82, 2.24) is 0 Å². The summed E-state index contributed by atoms with van der Waals surface area (Å²) in [4.78, 5) is 0.276. The van der Waals surface area contributed by atoms with Crippen molar-refractivity contribution in [1.29, 1.82) is 4.78 Å². The van der Waals surface area contributed by atoms with Crippen LogP contribution in [-0.2, 0) is 22.9 Å². The van der Waals surface area contributed by atoms with Crippen molar-refractivity contribution >= 4 is 10.0 Å². The fourth-order valence-electron chi connectivity index (χ4n) is 2.02. The molecule has 4 heteroatoms. The number of hydrogen-bond acceptors (Lipinski definition) is 2. The van der Waals surface area contributed by atoms with E-state index < -0.39 is 10.0 Å². The summed E-state index contributed by atoms with van der Waals surface area (Å²) in [5.41, 5.74) is 3.17. The fourth-order valence-corrected chi connectivity index (χ4v) is 2.82. The molecule has 0 bridgehead atoms. The lowest BCUT2D eigenvalue weighted by molar-refractivity contribution is 0.547. The molecule has 0 saturated carbocycles. The Morgan fingerprint density at radius 3 is 2.50 bits per heavy atom. The van der Waals surface area contributed by atoms with Gasteiger partial charge in [-0.2, -0.15) is 0 Å². The highest BCUT2D eigenvalue weighted by Gasteiger charge is 2.16. The third-order valence-corrected chi connectivity index (χ3v) is 3.72. The molecule has 0 spiro atoms. The van der Waals surface area contributed by atoms with Gasteiger partial charge in [0.1, 0.15) is 0 Å². The van der Waals surface area contributed by atoms with Crippen LogP contribution in [-0.4, -0.2) is 8.76 Å². The van der Waals surface area contributed by atoms with E-state index in [-0.39, 0.29) is 4.90 Å². The Labute approximate surface area is 84.0 Å². The van der Waals surface area contributed by atoms with E-state index in [0.717, 1.165) is 30.4 Å². The first kappa shape index (κ1) is 9.68. The average Bonchev–Trinajstić information content (AvgIpc) is 2.47. The Morgan fingerprint density at radius 2 is 1.93 bits per heavy atom. The molecule has 1 aliphatic rings. The predicted octanol–water partition coefficient (Wildman–Crippen LogP) is 2.36. The molecule has 0 radical (unpaired) electrons. The van der Waals surface area contributed by atoms with E-state index in [2.05, 4.69) is 0 Å². The SMILES string of the molecule is Cc1cc2c(cc1S(=N)(=O)O)CCC2. The smallest absolute Gasteiger partial charge is 0.188 e. The molecule has 0 saturated heterocycles. The number of aryl methyl sites for hydroxylation is 3. The van der Waals surface area contributed by atoms with Gasteiger partial charge in [0.15, 0.2) is 10.0 Å². The summed E-state index contributed by atoms with van der Waals surface area (Å²) in [7, 11) is -3.56. The Kier molecular flexibility index (Phi) is 2.12. The number of rotatable bonds is 1. The minimum Gasteiger partial charge on any atom is -0.297 e. The van der Waals surface area contributed by atoms with Crippen LogP contribution in [0.4, 0.5) is 0 Å². The molecular formula is C10H13NO2S. The van der Waals surface area contributed by atoms with Gasteiger partial charge in [0.05, 0.1) is 4.90 Å². The van der Waals surface area contributed by atoms with Crippen molar-refractivity contribution in [3.63, 3.8) is 0 Å². The lowest BCUT2D eigenvalue weighted by Gasteiger charge is -2.07. The van der Waals surface area contributed by atoms with Crippen LogP contribution in [0.1, 0.15) is 23.1 Å². The van der Waals surface area contributed by atoms with Gasteiger partial charge in [-0.15, -0.1) is 0 Å². The molecule has 2 rings (SSSR count). The van der Waals surface area contributed by atoms with E-state index in [9.17, 15) is 8.76 Å². The van der Waals surface area contributed by atoms with Crippen LogP contribution in [0.25, 0.3) is 0 Å². The van der Waals surface area contributed by atoms with Crippen LogP contribution >= 0.6 is 0 Å². The fraction of sp³-hybridized carbons (Fsp3) is 0.400. The van der Waals surface area contributed by atoms with Crippen LogP contribution in [0.2, 0.25) is 0 Å². The van der Waals surface area contributed by atoms with E-state index in [1.54, 1.807) is 13.0 Å². The Hall–Kier alpha value is -0.870. The van der Waals surface area contributed by atoms with Crippen molar-refractivity contribution in [2.45, 2.75) is 31.1 Å². The molecule has 0 aromatic heterocycles. The second-order valence-electron chi connectivity index (χ2n) is 3.77. The molecule has 0 amide bonds. The quantitative estimate of drug-likeness (QED) is 0.749. The molecule has 0 heterocycles. The molecule has 1 aliphatic carbocycles. The molecular weight excluding hydrogens is 198 g/mol. The maximum absolute atomic E-state index is 11.2. The van der Waals surface area contributed by atoms with Gasteiger partial charge >= 0.3 is 0 Å². The Balaban J connectivity index is 2.65. The van der Waals surface area contributed by atoms with Gasteiger partial charge in [-0.1, -0.05) is 6.07 Å². The first-order valence-corrected chi connectivity index (χ1v) is 6.13. The van der Waals surface area contributed by atoms with Crippen molar-refractivity contribution < 1.29 is 8.76 Å². The highest BCUT2D eigenvalue weighted by atomic mass is 32.2. The monoisotopic (exact) mass is 211 g/mol. The summed E-state index contributed by atoms with van der Waals surface area (Å²) in [5, 5.41) is 0. The zero-order valence-electron chi connectivity index (χ0n) is 8.04. The minimum atomic E-state index is -3.56. The normalized spacial score (nSPS) is 19.0. The summed E-state index contributed by atoms with van der Waals surface area (Å²) in [5.74, 6) is 0. The van der Waals surface area contributed by atoms with E-state index in [4.69, 9.17) is 4.78 Å². The van der Waals surface area contributed by atoms with Gasteiger partial charge in [-0.3, -0.25) is 4.55 Å². The largest absolute Gasteiger partial charge is 0.297 e. The number of benzene rings is 1. The highest BCUT2D eigenvalue weighted by Crippen LogP contribution is 2.27. The van der Waals surface area contributed by atoms with Gasteiger partial charge in [-0.05, 0) is 48.9 Å². The van der Waals surface area contributed by atoms with Gasteiger partial charge in [0.2, 0.25) is 0 Å². The molecule has 0 aliphatic heterocycles. The van der Waals surface area contributed by atoms with E-state index in [0.29, 0.717) is 0 Å². The molecule has 1 aromatic rings. The number of hydrogen-bond donors (Lipinski definition) is 2. The van der Waals surface area contributed by atoms with Crippen molar-refractivity contribution in [3.8, 4) is 0 Å². The zero-order chi connectivity index (χ0) is 10.3. The Bertz CT molecular complexity index is 477. The summed E-state index contributed by atoms with van der Waals surface area (Å²) in [6.45, 7) is 1.79. The Morgan fingerprint density at radius 1 is 1.36 bits per heavy atom. The number of nitrogens with one attached hydrogen (secondary N) is 1. The maximum Gasteiger partial charge on any atom is 0.188 e. The summed E-state index contributed by atoms with van der Waals surface area (Å²) < 4.78 is 27.6. The van der Waals surface area contributed by atoms with Crippen molar-refractivity contribution in [2.75, 3.05) is 0 Å². The van der Waals surface area contributed by atoms with Crippen LogP contribution in [0, 0.1) is 11.7 Å². The molecule has 1 atom stereocenters. The lowest BCUT2D eigenvalue weighted by atomic mass is 10.1. The third kappa shape index (κ3) is 1.55. The summed E-state index contributed by atoms with van der Waals surface area (Å²) >= 11 is 0. The topological polar surface area (TPSA) is 61.2 Å². The maximum atomic E-state index is 11.2. The standard InChI is InChI=1S/C10H13NO2S/c1-7-5-8-3-2-4-9(8)6-10(7)14(11,12)13/h5-6H,2-4H2,1H3,(H2,11,12,13). The average molecular weight is 211 g/mol. The van der Waals surface area contributed by atoms with Gasteiger partial charge in [-0.25, -0.2) is 8.99 Å². The van der Waals surface area contributed by atoms with Gasteiger partial charge < -0.3 is 0 Å². The molecule has 1 aromatic carbocycles. The van der Waals surface area contributed by atoms with Crippen LogP contribution < -0.4 is 0 Å². The minimum absolute atomic E-state index is 0.276. The number of fused-ring (bicyclic) bond motifs is 1. The van der Waals surface area contributed by atoms with Crippen LogP contribution in [0.3, 0.4) is 0 Å². The molecule has 3 nitrogen and oxygen atoms in total. The molecule has 1 unspecified atom stereocenters. The third-order valence-electron chi connectivity index (χ3n) is 2.69. The summed E-state index contributed by atoms with van der Waals surface area (Å²) in [6.07, 6.45) is 3.14. The predicted molar refractivity (Wildman–Crippen MR) is 55.0 cm³/mol. The van der Waals surface area contributed by atoms with Gasteiger partial charge in [0, 0.05) is 0 Å². The van der Waals surface area contributed by atoms with Crippen LogP contribution in [0.15, 0.2) is 17.0 Å². The molecule has 0 fully saturated rings. The molecule has 76 valence electrons. The van der Waals surface area contributed by atoms with Crippen LogP contribution in [0.5, 0.6) is 0 Å². The molecule has 2 N–H and O–H groups in total. The summed E-state index contributed by atoms with van der Waals surface area (Å²) in [6, 6.07) is 3.68. The molecule has 14 heavy (non-hydrogen) atoms. The van der Waals surface area contributed by atoms with Crippen molar-refractivity contribution in [2.24, 2.45) is 0 Å². The van der Waals surface area contributed by atoms with E-state index in [1.807, 2.05) is 6.07 Å². The highest BCUT2D eigenvalue weighted by molar-refractivity contribution is 7.87. The van der Waals surface area contributed by atoms with Gasteiger partial charge in [0.25, 0.3) is 0 Å². The second kappa shape index (κ2) is 3.07. The van der Waals surface area contributed by atoms with E-state index >= 15 is 0 Å². The lowest BCUT2D eigenvalue weighted by Crippen LogP contribution is -2.00. The zero-order valence-corrected chi connectivity index (χ0v) is 8.86. The first-order chi connectivity index (χ1) is 6.48. The first-order valence-electron chi connectivity index (χ1n) is 4.62. The van der Waals surface area contributed by atoms with E-state index in [1.165, 1.54) is 5.56 Å². The second-order valence-corrected chi connectivity index (χ2v) is 5.26.